The molecule has 0 aliphatic carbocycles. The number of ketones is 1. The summed E-state index contributed by atoms with van der Waals surface area (Å²) in [4.78, 5) is 28.6. The van der Waals surface area contributed by atoms with Crippen LogP contribution in [0.15, 0.2) is 44.5 Å². The third kappa shape index (κ3) is 7.25. The average Bonchev–Trinajstić information content (AvgIpc) is 2.79. The highest BCUT2D eigenvalue weighted by atomic mass is 16.5. The van der Waals surface area contributed by atoms with E-state index in [4.69, 9.17) is 9.15 Å². The van der Waals surface area contributed by atoms with E-state index in [0.717, 1.165) is 50.9 Å². The van der Waals surface area contributed by atoms with Crippen molar-refractivity contribution >= 4 is 11.5 Å². The average molecular weight is 444 g/mol. The monoisotopic (exact) mass is 443 g/mol. The normalized spacial score (nSPS) is 11.5. The summed E-state index contributed by atoms with van der Waals surface area (Å²) in [6.07, 6.45) is 6.65. The second-order valence-corrected chi connectivity index (χ2v) is 7.53. The highest BCUT2D eigenvalue weighted by Gasteiger charge is 2.25. The van der Waals surface area contributed by atoms with Gasteiger partial charge in [-0.05, 0) is 31.4 Å². The SMILES string of the molecule is CCC(=O)c1c(O)oc(=O)c(C(CC)=NCCCCCCCCOc2ccccc2)c1O. The Morgan fingerprint density at radius 2 is 1.59 bits per heavy atom. The molecule has 0 bridgehead atoms. The molecule has 0 amide bonds. The Kier molecular flexibility index (Phi) is 10.5. The van der Waals surface area contributed by atoms with Gasteiger partial charge in [0.25, 0.3) is 5.95 Å². The largest absolute Gasteiger partial charge is 0.506 e. The second-order valence-electron chi connectivity index (χ2n) is 7.53. The van der Waals surface area contributed by atoms with Crippen LogP contribution in [-0.2, 0) is 0 Å². The molecule has 0 spiro atoms. The van der Waals surface area contributed by atoms with Crippen molar-refractivity contribution in [1.82, 2.24) is 0 Å². The molecule has 1 aromatic heterocycles. The van der Waals surface area contributed by atoms with Crippen molar-refractivity contribution in [3.63, 3.8) is 0 Å². The number of carbonyl (C=O) groups is 1. The standard InChI is InChI=1S/C25H33NO6/c1-3-19(21-23(28)22(20(27)4-2)25(30)32-24(21)29)26-16-12-7-5-6-8-13-17-31-18-14-10-9-11-15-18/h9-11,14-15,28,30H,3-8,12-13,16-17H2,1-2H3. The molecule has 1 heterocycles. The van der Waals surface area contributed by atoms with Gasteiger partial charge in [0.15, 0.2) is 5.78 Å². The van der Waals surface area contributed by atoms with Gasteiger partial charge < -0.3 is 19.4 Å². The molecular weight excluding hydrogens is 410 g/mol. The third-order valence-electron chi connectivity index (χ3n) is 5.17. The Morgan fingerprint density at radius 1 is 0.938 bits per heavy atom. The summed E-state index contributed by atoms with van der Waals surface area (Å²) in [7, 11) is 0. The molecular formula is C25H33NO6. The van der Waals surface area contributed by atoms with E-state index < -0.39 is 23.1 Å². The third-order valence-corrected chi connectivity index (χ3v) is 5.17. The summed E-state index contributed by atoms with van der Waals surface area (Å²) >= 11 is 0. The first-order valence-electron chi connectivity index (χ1n) is 11.3. The van der Waals surface area contributed by atoms with E-state index in [1.54, 1.807) is 6.92 Å². The van der Waals surface area contributed by atoms with E-state index in [0.29, 0.717) is 18.7 Å². The molecule has 0 saturated heterocycles. The fourth-order valence-corrected chi connectivity index (χ4v) is 3.40. The van der Waals surface area contributed by atoms with E-state index >= 15 is 0 Å². The molecule has 2 N–H and O–H groups in total. The van der Waals surface area contributed by atoms with Crippen molar-refractivity contribution in [3.05, 3.63) is 51.9 Å². The maximum absolute atomic E-state index is 12.2. The summed E-state index contributed by atoms with van der Waals surface area (Å²) in [6, 6.07) is 9.79. The van der Waals surface area contributed by atoms with Gasteiger partial charge in [-0.25, -0.2) is 4.79 Å². The van der Waals surface area contributed by atoms with Gasteiger partial charge in [-0.3, -0.25) is 9.79 Å². The van der Waals surface area contributed by atoms with Crippen LogP contribution in [0.5, 0.6) is 17.4 Å². The molecule has 2 rings (SSSR count). The minimum atomic E-state index is -0.897. The summed E-state index contributed by atoms with van der Waals surface area (Å²) in [5.74, 6) is -1.01. The molecule has 0 unspecified atom stereocenters. The van der Waals surface area contributed by atoms with Gasteiger partial charge in [-0.15, -0.1) is 0 Å². The van der Waals surface area contributed by atoms with Gasteiger partial charge >= 0.3 is 5.63 Å². The van der Waals surface area contributed by atoms with Gasteiger partial charge in [0, 0.05) is 13.0 Å². The van der Waals surface area contributed by atoms with Crippen molar-refractivity contribution < 1.29 is 24.2 Å². The van der Waals surface area contributed by atoms with E-state index in [1.807, 2.05) is 37.3 Å². The lowest BCUT2D eigenvalue weighted by molar-refractivity contribution is 0.0976. The number of hydrogen-bond donors (Lipinski definition) is 2. The predicted molar refractivity (Wildman–Crippen MR) is 124 cm³/mol. The molecule has 0 aliphatic heterocycles. The number of aromatic hydroxyl groups is 2. The molecule has 32 heavy (non-hydrogen) atoms. The van der Waals surface area contributed by atoms with Gasteiger partial charge in [0.05, 0.1) is 12.3 Å². The first kappa shape index (κ1) is 25.2. The zero-order chi connectivity index (χ0) is 23.3. The topological polar surface area (TPSA) is 109 Å². The van der Waals surface area contributed by atoms with Crippen LogP contribution in [0, 0.1) is 0 Å². The molecule has 0 atom stereocenters. The molecule has 2 aromatic rings. The lowest BCUT2D eigenvalue weighted by atomic mass is 10.0. The Labute approximate surface area is 188 Å². The summed E-state index contributed by atoms with van der Waals surface area (Å²) in [5.41, 5.74) is -1.02. The number of unbranched alkanes of at least 4 members (excludes halogenated alkanes) is 5. The molecule has 7 heteroatoms. The Morgan fingerprint density at radius 3 is 2.25 bits per heavy atom. The summed E-state index contributed by atoms with van der Waals surface area (Å²) < 4.78 is 10.5. The van der Waals surface area contributed by atoms with E-state index in [-0.39, 0.29) is 17.5 Å². The molecule has 1 aromatic carbocycles. The van der Waals surface area contributed by atoms with Crippen molar-refractivity contribution in [1.29, 1.82) is 0 Å². The number of rotatable bonds is 14. The molecule has 0 aliphatic rings. The molecule has 7 nitrogen and oxygen atoms in total. The number of carbonyl (C=O) groups excluding carboxylic acids is 1. The second kappa shape index (κ2) is 13.3. The van der Waals surface area contributed by atoms with Gasteiger partial charge in [-0.2, -0.15) is 0 Å². The maximum atomic E-state index is 12.2. The van der Waals surface area contributed by atoms with Crippen LogP contribution >= 0.6 is 0 Å². The lowest BCUT2D eigenvalue weighted by Crippen LogP contribution is -2.17. The zero-order valence-electron chi connectivity index (χ0n) is 18.9. The number of para-hydroxylation sites is 1. The quantitative estimate of drug-likeness (QED) is 0.234. The lowest BCUT2D eigenvalue weighted by Gasteiger charge is -2.10. The fourth-order valence-electron chi connectivity index (χ4n) is 3.40. The van der Waals surface area contributed by atoms with E-state index in [9.17, 15) is 19.8 Å². The van der Waals surface area contributed by atoms with Crippen molar-refractivity contribution in [3.8, 4) is 17.4 Å². The van der Waals surface area contributed by atoms with Gasteiger partial charge in [-0.1, -0.05) is 57.7 Å². The number of benzene rings is 1. The highest BCUT2D eigenvalue weighted by molar-refractivity contribution is 6.07. The van der Waals surface area contributed by atoms with Crippen LogP contribution in [0.2, 0.25) is 0 Å². The van der Waals surface area contributed by atoms with Crippen LogP contribution in [-0.4, -0.2) is 34.9 Å². The van der Waals surface area contributed by atoms with Crippen LogP contribution in [0.4, 0.5) is 0 Å². The molecule has 0 saturated carbocycles. The Balaban J connectivity index is 1.78. The Hall–Kier alpha value is -3.09. The number of nitrogens with zero attached hydrogens (tertiary/aromatic N) is 1. The number of ether oxygens (including phenoxy) is 1. The number of Topliss-reactive ketones (excluding diaryl/α,β-unsaturated/α-hetero) is 1. The smallest absolute Gasteiger partial charge is 0.351 e. The molecule has 0 radical (unpaired) electrons. The number of aliphatic imine (C=N–C) groups is 1. The molecule has 174 valence electrons. The van der Waals surface area contributed by atoms with Crippen LogP contribution < -0.4 is 10.4 Å². The minimum Gasteiger partial charge on any atom is -0.506 e. The fraction of sp³-hybridized carbons (Fsp3) is 0.480. The van der Waals surface area contributed by atoms with Gasteiger partial charge in [0.1, 0.15) is 22.6 Å². The zero-order valence-corrected chi connectivity index (χ0v) is 18.9. The van der Waals surface area contributed by atoms with Crippen LogP contribution in [0.1, 0.15) is 81.1 Å². The Bertz CT molecular complexity index is 949. The van der Waals surface area contributed by atoms with Crippen molar-refractivity contribution in [2.75, 3.05) is 13.2 Å². The van der Waals surface area contributed by atoms with Gasteiger partial charge in [0.2, 0.25) is 0 Å². The van der Waals surface area contributed by atoms with Crippen LogP contribution in [0.25, 0.3) is 0 Å². The van der Waals surface area contributed by atoms with E-state index in [1.165, 1.54) is 0 Å². The first-order chi connectivity index (χ1) is 15.5. The summed E-state index contributed by atoms with van der Waals surface area (Å²) in [6.45, 7) is 4.63. The summed E-state index contributed by atoms with van der Waals surface area (Å²) in [5, 5.41) is 20.2. The highest BCUT2D eigenvalue weighted by Crippen LogP contribution is 2.30. The maximum Gasteiger partial charge on any atom is 0.351 e. The minimum absolute atomic E-state index is 0.0608. The number of hydrogen-bond acceptors (Lipinski definition) is 7. The molecule has 0 fully saturated rings. The van der Waals surface area contributed by atoms with Crippen molar-refractivity contribution in [2.45, 2.75) is 65.2 Å². The van der Waals surface area contributed by atoms with Crippen molar-refractivity contribution in [2.24, 2.45) is 4.99 Å². The predicted octanol–water partition coefficient (Wildman–Crippen LogP) is 5.26. The first-order valence-corrected chi connectivity index (χ1v) is 11.3. The van der Waals surface area contributed by atoms with Crippen LogP contribution in [0.3, 0.4) is 0 Å². The van der Waals surface area contributed by atoms with E-state index in [2.05, 4.69) is 4.99 Å².